The lowest BCUT2D eigenvalue weighted by atomic mass is 10.1. The molecule has 146 valence electrons. The van der Waals surface area contributed by atoms with Crippen molar-refractivity contribution >= 4 is 10.9 Å². The van der Waals surface area contributed by atoms with Gasteiger partial charge in [0, 0.05) is 43.3 Å². The maximum Gasteiger partial charge on any atom is 0.149 e. The molecule has 2 heterocycles. The molecule has 0 aliphatic carbocycles. The summed E-state index contributed by atoms with van der Waals surface area (Å²) < 4.78 is 8.18. The Kier molecular flexibility index (Phi) is 6.82. The summed E-state index contributed by atoms with van der Waals surface area (Å²) in [5.74, 6) is 7.39. The molecule has 1 aromatic carbocycles. The number of ether oxygens (including phenoxy) is 1. The summed E-state index contributed by atoms with van der Waals surface area (Å²) >= 11 is 0. The number of fused-ring (bicyclic) bond motifs is 1. The summed E-state index contributed by atoms with van der Waals surface area (Å²) in [6, 6.07) is 6.38. The minimum Gasteiger partial charge on any atom is -0.481 e. The molecule has 0 radical (unpaired) electrons. The highest BCUT2D eigenvalue weighted by atomic mass is 16.5. The first kappa shape index (κ1) is 19.8. The van der Waals surface area contributed by atoms with E-state index in [1.807, 2.05) is 13.0 Å². The molecule has 4 nitrogen and oxygen atoms in total. The van der Waals surface area contributed by atoms with Crippen molar-refractivity contribution in [3.05, 3.63) is 30.0 Å². The number of aryl methyl sites for hydroxylation is 1. The standard InChI is InChI=1S/C23H32N2O2/c1-4-5-14-27-21-6-7-23-22(15-21)19(17-25(23)13-8-18(2)3)16-24-11-9-20(26)10-12-24/h6-7,15,17-18,20,26H,8-14,16H2,1-3H3. The molecule has 0 spiro atoms. The van der Waals surface area contributed by atoms with E-state index in [0.717, 1.165) is 44.8 Å². The van der Waals surface area contributed by atoms with Crippen molar-refractivity contribution in [3.8, 4) is 17.6 Å². The SMILES string of the molecule is CC#CCOc1ccc2c(c1)c(CN1CCC(O)CC1)cn2CCC(C)C. The van der Waals surface area contributed by atoms with E-state index in [2.05, 4.69) is 53.5 Å². The maximum atomic E-state index is 9.77. The second-order valence-electron chi connectivity index (χ2n) is 7.93. The van der Waals surface area contributed by atoms with Gasteiger partial charge in [0.25, 0.3) is 0 Å². The fourth-order valence-electron chi connectivity index (χ4n) is 3.66. The van der Waals surface area contributed by atoms with Crippen molar-refractivity contribution in [1.82, 2.24) is 9.47 Å². The molecule has 0 unspecified atom stereocenters. The van der Waals surface area contributed by atoms with Crippen LogP contribution in [-0.4, -0.2) is 40.4 Å². The summed E-state index contributed by atoms with van der Waals surface area (Å²) in [7, 11) is 0. The molecule has 1 fully saturated rings. The van der Waals surface area contributed by atoms with Gasteiger partial charge in [-0.05, 0) is 55.9 Å². The minimum atomic E-state index is -0.131. The largest absolute Gasteiger partial charge is 0.481 e. The van der Waals surface area contributed by atoms with Crippen LogP contribution < -0.4 is 4.74 Å². The quantitative estimate of drug-likeness (QED) is 0.750. The Morgan fingerprint density at radius 3 is 2.74 bits per heavy atom. The van der Waals surface area contributed by atoms with Crippen LogP contribution in [0.15, 0.2) is 24.4 Å². The Bertz CT molecular complexity index is 805. The molecule has 0 atom stereocenters. The van der Waals surface area contributed by atoms with E-state index in [9.17, 15) is 5.11 Å². The monoisotopic (exact) mass is 368 g/mol. The van der Waals surface area contributed by atoms with Gasteiger partial charge in [-0.2, -0.15) is 0 Å². The van der Waals surface area contributed by atoms with Crippen LogP contribution in [-0.2, 0) is 13.1 Å². The third-order valence-electron chi connectivity index (χ3n) is 5.32. The van der Waals surface area contributed by atoms with Crippen molar-refractivity contribution in [1.29, 1.82) is 0 Å². The van der Waals surface area contributed by atoms with Gasteiger partial charge in [-0.1, -0.05) is 19.8 Å². The van der Waals surface area contributed by atoms with Crippen molar-refractivity contribution in [2.75, 3.05) is 19.7 Å². The molecular weight excluding hydrogens is 336 g/mol. The number of rotatable bonds is 7. The summed E-state index contributed by atoms with van der Waals surface area (Å²) in [6.07, 6.45) is 5.09. The molecule has 1 aromatic heterocycles. The molecule has 3 rings (SSSR count). The molecule has 2 aromatic rings. The Balaban J connectivity index is 1.85. The first-order valence-corrected chi connectivity index (χ1v) is 10.1. The number of aromatic nitrogens is 1. The Morgan fingerprint density at radius 2 is 2.04 bits per heavy atom. The second-order valence-corrected chi connectivity index (χ2v) is 7.93. The average Bonchev–Trinajstić information content (AvgIpc) is 2.99. The number of benzene rings is 1. The van der Waals surface area contributed by atoms with Crippen LogP contribution in [0.3, 0.4) is 0 Å². The number of hydrogen-bond donors (Lipinski definition) is 1. The fourth-order valence-corrected chi connectivity index (χ4v) is 3.66. The number of hydrogen-bond acceptors (Lipinski definition) is 3. The molecule has 0 amide bonds. The molecular formula is C23H32N2O2. The Morgan fingerprint density at radius 1 is 1.26 bits per heavy atom. The van der Waals surface area contributed by atoms with E-state index in [4.69, 9.17) is 4.74 Å². The predicted molar refractivity (Wildman–Crippen MR) is 111 cm³/mol. The molecule has 1 aliphatic rings. The van der Waals surface area contributed by atoms with Gasteiger partial charge in [-0.15, -0.1) is 5.92 Å². The van der Waals surface area contributed by atoms with Crippen LogP contribution >= 0.6 is 0 Å². The number of nitrogens with zero attached hydrogens (tertiary/aromatic N) is 2. The minimum absolute atomic E-state index is 0.131. The Hall–Kier alpha value is -1.96. The van der Waals surface area contributed by atoms with Crippen molar-refractivity contribution in [3.63, 3.8) is 0 Å². The third kappa shape index (κ3) is 5.28. The second kappa shape index (κ2) is 9.30. The van der Waals surface area contributed by atoms with Crippen LogP contribution in [0.1, 0.15) is 45.6 Å². The van der Waals surface area contributed by atoms with Gasteiger partial charge < -0.3 is 14.4 Å². The van der Waals surface area contributed by atoms with E-state index in [1.54, 1.807) is 0 Å². The van der Waals surface area contributed by atoms with Gasteiger partial charge in [0.05, 0.1) is 6.10 Å². The lowest BCUT2D eigenvalue weighted by Crippen LogP contribution is -2.35. The number of aliphatic hydroxyl groups is 1. The van der Waals surface area contributed by atoms with Gasteiger partial charge in [0.1, 0.15) is 12.4 Å². The average molecular weight is 369 g/mol. The summed E-state index contributed by atoms with van der Waals surface area (Å²) in [5.41, 5.74) is 2.62. The molecule has 4 heteroatoms. The summed E-state index contributed by atoms with van der Waals surface area (Å²) in [5, 5.41) is 11.0. The first-order chi connectivity index (χ1) is 13.1. The van der Waals surface area contributed by atoms with Gasteiger partial charge in [0.15, 0.2) is 0 Å². The van der Waals surface area contributed by atoms with E-state index >= 15 is 0 Å². The summed E-state index contributed by atoms with van der Waals surface area (Å²) in [6.45, 7) is 10.7. The zero-order valence-corrected chi connectivity index (χ0v) is 16.9. The maximum absolute atomic E-state index is 9.77. The van der Waals surface area contributed by atoms with Crippen LogP contribution in [0.5, 0.6) is 5.75 Å². The number of likely N-dealkylation sites (tertiary alicyclic amines) is 1. The van der Waals surface area contributed by atoms with E-state index in [1.165, 1.54) is 22.9 Å². The normalized spacial score (nSPS) is 15.9. The molecule has 1 aliphatic heterocycles. The molecule has 0 bridgehead atoms. The van der Waals surface area contributed by atoms with Crippen molar-refractivity contribution in [2.45, 2.75) is 59.2 Å². The van der Waals surface area contributed by atoms with Gasteiger partial charge in [-0.3, -0.25) is 4.90 Å². The van der Waals surface area contributed by atoms with Crippen molar-refractivity contribution in [2.24, 2.45) is 5.92 Å². The molecule has 0 saturated carbocycles. The predicted octanol–water partition coefficient (Wildman–Crippen LogP) is 4.05. The van der Waals surface area contributed by atoms with Crippen LogP contribution in [0.25, 0.3) is 10.9 Å². The number of aliphatic hydroxyl groups excluding tert-OH is 1. The topological polar surface area (TPSA) is 37.6 Å². The van der Waals surface area contributed by atoms with Gasteiger partial charge in [0.2, 0.25) is 0 Å². The zero-order valence-electron chi connectivity index (χ0n) is 16.9. The van der Waals surface area contributed by atoms with E-state index in [-0.39, 0.29) is 6.10 Å². The highest BCUT2D eigenvalue weighted by Gasteiger charge is 2.19. The lowest BCUT2D eigenvalue weighted by Gasteiger charge is -2.29. The van der Waals surface area contributed by atoms with E-state index in [0.29, 0.717) is 12.5 Å². The molecule has 27 heavy (non-hydrogen) atoms. The van der Waals surface area contributed by atoms with Gasteiger partial charge >= 0.3 is 0 Å². The Labute approximate surface area is 163 Å². The van der Waals surface area contributed by atoms with Gasteiger partial charge in [-0.25, -0.2) is 0 Å². The highest BCUT2D eigenvalue weighted by molar-refractivity contribution is 5.85. The molecule has 1 N–H and O–H groups in total. The summed E-state index contributed by atoms with van der Waals surface area (Å²) in [4.78, 5) is 2.45. The van der Waals surface area contributed by atoms with Crippen molar-refractivity contribution < 1.29 is 9.84 Å². The van der Waals surface area contributed by atoms with E-state index < -0.39 is 0 Å². The number of piperidine rings is 1. The fraction of sp³-hybridized carbons (Fsp3) is 0.565. The highest BCUT2D eigenvalue weighted by Crippen LogP contribution is 2.28. The first-order valence-electron chi connectivity index (χ1n) is 10.1. The zero-order chi connectivity index (χ0) is 19.2. The van der Waals surface area contributed by atoms with Crippen LogP contribution in [0.4, 0.5) is 0 Å². The van der Waals surface area contributed by atoms with Crippen LogP contribution in [0.2, 0.25) is 0 Å². The lowest BCUT2D eigenvalue weighted by molar-refractivity contribution is 0.0794. The third-order valence-corrected chi connectivity index (χ3v) is 5.32. The van der Waals surface area contributed by atoms with Crippen LogP contribution in [0, 0.1) is 17.8 Å². The smallest absolute Gasteiger partial charge is 0.149 e. The molecule has 1 saturated heterocycles.